The molecule has 1 N–H and O–H groups in total. The molecule has 0 saturated heterocycles. The van der Waals surface area contributed by atoms with Gasteiger partial charge >= 0.3 is 0 Å². The Labute approximate surface area is 97.6 Å². The first-order valence-corrected chi connectivity index (χ1v) is 5.50. The Bertz CT molecular complexity index is 366. The number of carbonyl (C=O) groups is 1. The Balaban J connectivity index is 2.58. The van der Waals surface area contributed by atoms with Gasteiger partial charge in [0, 0.05) is 6.92 Å². The molecule has 1 aromatic heterocycles. The van der Waals surface area contributed by atoms with Crippen molar-refractivity contribution in [2.75, 3.05) is 0 Å². The maximum absolute atomic E-state index is 11.5. The van der Waals surface area contributed by atoms with Gasteiger partial charge < -0.3 is 9.73 Å². The quantitative estimate of drug-likeness (QED) is 0.859. The van der Waals surface area contributed by atoms with E-state index in [4.69, 9.17) is 4.42 Å². The number of aryl methyl sites for hydroxylation is 2. The third-order valence-corrected chi connectivity index (χ3v) is 2.31. The summed E-state index contributed by atoms with van der Waals surface area (Å²) in [5.41, 5.74) is 0.820. The molecule has 0 aliphatic carbocycles. The standard InChI is InChI=1S/C10H15BrN2O2/c1-6-8(15-7(2)13-6)5-12-9(14)10(3,4)11/h5H2,1-4H3,(H,12,14). The van der Waals surface area contributed by atoms with Crippen LogP contribution >= 0.6 is 15.9 Å². The Morgan fingerprint density at radius 3 is 2.53 bits per heavy atom. The predicted octanol–water partition coefficient (Wildman–Crippen LogP) is 2.08. The van der Waals surface area contributed by atoms with Gasteiger partial charge in [-0.25, -0.2) is 4.98 Å². The second-order valence-corrected chi connectivity index (χ2v) is 5.88. The molecule has 1 rings (SSSR count). The number of nitrogens with one attached hydrogen (secondary N) is 1. The van der Waals surface area contributed by atoms with Crippen LogP contribution in [-0.2, 0) is 11.3 Å². The third-order valence-electron chi connectivity index (χ3n) is 1.95. The van der Waals surface area contributed by atoms with Crippen molar-refractivity contribution in [3.8, 4) is 0 Å². The fourth-order valence-corrected chi connectivity index (χ4v) is 1.25. The Kier molecular flexibility index (Phi) is 3.54. The van der Waals surface area contributed by atoms with Crippen LogP contribution in [0.2, 0.25) is 0 Å². The fraction of sp³-hybridized carbons (Fsp3) is 0.600. The molecular weight excluding hydrogens is 260 g/mol. The van der Waals surface area contributed by atoms with E-state index in [9.17, 15) is 4.79 Å². The van der Waals surface area contributed by atoms with E-state index in [2.05, 4.69) is 26.2 Å². The van der Waals surface area contributed by atoms with Crippen molar-refractivity contribution in [3.05, 3.63) is 17.3 Å². The summed E-state index contributed by atoms with van der Waals surface area (Å²) in [5.74, 6) is 1.25. The second kappa shape index (κ2) is 4.35. The minimum Gasteiger partial charge on any atom is -0.444 e. The van der Waals surface area contributed by atoms with Crippen LogP contribution < -0.4 is 5.32 Å². The highest BCUT2D eigenvalue weighted by Crippen LogP contribution is 2.16. The van der Waals surface area contributed by atoms with Crippen LogP contribution in [0.25, 0.3) is 0 Å². The van der Waals surface area contributed by atoms with Crippen LogP contribution in [0.1, 0.15) is 31.2 Å². The molecule has 15 heavy (non-hydrogen) atoms. The van der Waals surface area contributed by atoms with Gasteiger partial charge in [-0.05, 0) is 20.8 Å². The Hall–Kier alpha value is -0.840. The molecular formula is C10H15BrN2O2. The van der Waals surface area contributed by atoms with E-state index < -0.39 is 4.32 Å². The summed E-state index contributed by atoms with van der Waals surface area (Å²) in [7, 11) is 0. The number of nitrogens with zero attached hydrogens (tertiary/aromatic N) is 1. The normalized spacial score (nSPS) is 11.5. The van der Waals surface area contributed by atoms with Crippen molar-refractivity contribution < 1.29 is 9.21 Å². The number of aromatic nitrogens is 1. The number of alkyl halides is 1. The number of halogens is 1. The number of hydrogen-bond donors (Lipinski definition) is 1. The molecule has 0 spiro atoms. The SMILES string of the molecule is Cc1nc(C)c(CNC(=O)C(C)(C)Br)o1. The van der Waals surface area contributed by atoms with E-state index in [1.165, 1.54) is 0 Å². The molecule has 4 nitrogen and oxygen atoms in total. The number of hydrogen-bond acceptors (Lipinski definition) is 3. The van der Waals surface area contributed by atoms with E-state index >= 15 is 0 Å². The van der Waals surface area contributed by atoms with E-state index in [0.717, 1.165) is 5.69 Å². The van der Waals surface area contributed by atoms with Gasteiger partial charge in [0.1, 0.15) is 5.76 Å². The molecule has 0 aromatic carbocycles. The molecule has 0 aliphatic rings. The maximum Gasteiger partial charge on any atom is 0.236 e. The molecule has 1 heterocycles. The van der Waals surface area contributed by atoms with Crippen molar-refractivity contribution in [3.63, 3.8) is 0 Å². The van der Waals surface area contributed by atoms with Crippen molar-refractivity contribution in [2.45, 2.75) is 38.6 Å². The van der Waals surface area contributed by atoms with Crippen LogP contribution in [-0.4, -0.2) is 15.2 Å². The molecule has 0 bridgehead atoms. The van der Waals surface area contributed by atoms with Gasteiger partial charge in [0.2, 0.25) is 5.91 Å². The Morgan fingerprint density at radius 1 is 1.53 bits per heavy atom. The third kappa shape index (κ3) is 3.34. The van der Waals surface area contributed by atoms with Gasteiger partial charge in [-0.1, -0.05) is 15.9 Å². The summed E-state index contributed by atoms with van der Waals surface area (Å²) in [5, 5.41) is 2.77. The van der Waals surface area contributed by atoms with E-state index in [0.29, 0.717) is 18.2 Å². The van der Waals surface area contributed by atoms with Crippen molar-refractivity contribution >= 4 is 21.8 Å². The molecule has 1 amide bonds. The smallest absolute Gasteiger partial charge is 0.236 e. The molecule has 1 aromatic rings. The zero-order chi connectivity index (χ0) is 11.6. The maximum atomic E-state index is 11.5. The molecule has 0 atom stereocenters. The minimum absolute atomic E-state index is 0.0732. The number of oxazole rings is 1. The van der Waals surface area contributed by atoms with Gasteiger partial charge in [0.25, 0.3) is 0 Å². The zero-order valence-electron chi connectivity index (χ0n) is 9.35. The average molecular weight is 275 g/mol. The molecule has 0 unspecified atom stereocenters. The van der Waals surface area contributed by atoms with Gasteiger partial charge in [0.05, 0.1) is 16.6 Å². The lowest BCUT2D eigenvalue weighted by Gasteiger charge is -2.14. The molecule has 84 valence electrons. The predicted molar refractivity (Wildman–Crippen MR) is 60.8 cm³/mol. The first-order valence-electron chi connectivity index (χ1n) is 4.71. The lowest BCUT2D eigenvalue weighted by atomic mass is 10.2. The van der Waals surface area contributed by atoms with Crippen LogP contribution in [0.3, 0.4) is 0 Å². The van der Waals surface area contributed by atoms with Crippen LogP contribution in [0, 0.1) is 13.8 Å². The van der Waals surface area contributed by atoms with Gasteiger partial charge in [-0.2, -0.15) is 0 Å². The second-order valence-electron chi connectivity index (χ2n) is 3.90. The number of carbonyl (C=O) groups excluding carboxylic acids is 1. The number of rotatable bonds is 3. The van der Waals surface area contributed by atoms with Gasteiger partial charge in [-0.15, -0.1) is 0 Å². The monoisotopic (exact) mass is 274 g/mol. The summed E-state index contributed by atoms with van der Waals surface area (Å²) in [4.78, 5) is 15.7. The first-order chi connectivity index (χ1) is 6.80. The summed E-state index contributed by atoms with van der Waals surface area (Å²) >= 11 is 3.28. The number of amides is 1. The van der Waals surface area contributed by atoms with Gasteiger partial charge in [-0.3, -0.25) is 4.79 Å². The van der Waals surface area contributed by atoms with E-state index in [1.807, 2.05) is 6.92 Å². The largest absolute Gasteiger partial charge is 0.444 e. The first kappa shape index (κ1) is 12.2. The van der Waals surface area contributed by atoms with Crippen molar-refractivity contribution in [1.82, 2.24) is 10.3 Å². The minimum atomic E-state index is -0.560. The van der Waals surface area contributed by atoms with Crippen LogP contribution in [0.4, 0.5) is 0 Å². The van der Waals surface area contributed by atoms with Crippen LogP contribution in [0.5, 0.6) is 0 Å². The molecule has 0 aliphatic heterocycles. The Morgan fingerprint density at radius 2 is 2.13 bits per heavy atom. The lowest BCUT2D eigenvalue weighted by molar-refractivity contribution is -0.122. The molecule has 5 heteroatoms. The van der Waals surface area contributed by atoms with Crippen molar-refractivity contribution in [1.29, 1.82) is 0 Å². The molecule has 0 radical (unpaired) electrons. The summed E-state index contributed by atoms with van der Waals surface area (Å²) in [6, 6.07) is 0. The highest BCUT2D eigenvalue weighted by atomic mass is 79.9. The van der Waals surface area contributed by atoms with Crippen molar-refractivity contribution in [2.24, 2.45) is 0 Å². The van der Waals surface area contributed by atoms with E-state index in [1.54, 1.807) is 20.8 Å². The molecule has 0 saturated carbocycles. The highest BCUT2D eigenvalue weighted by molar-refractivity contribution is 9.10. The molecule has 0 fully saturated rings. The topological polar surface area (TPSA) is 55.1 Å². The summed E-state index contributed by atoms with van der Waals surface area (Å²) in [6.45, 7) is 7.60. The van der Waals surface area contributed by atoms with Gasteiger partial charge in [0.15, 0.2) is 5.89 Å². The fourth-order valence-electron chi connectivity index (χ4n) is 1.11. The summed E-state index contributed by atoms with van der Waals surface area (Å²) in [6.07, 6.45) is 0. The summed E-state index contributed by atoms with van der Waals surface area (Å²) < 4.78 is 4.78. The lowest BCUT2D eigenvalue weighted by Crippen LogP contribution is -2.37. The average Bonchev–Trinajstić information content (AvgIpc) is 2.39. The van der Waals surface area contributed by atoms with E-state index in [-0.39, 0.29) is 5.91 Å². The zero-order valence-corrected chi connectivity index (χ0v) is 10.9. The highest BCUT2D eigenvalue weighted by Gasteiger charge is 2.23. The van der Waals surface area contributed by atoms with Crippen LogP contribution in [0.15, 0.2) is 4.42 Å².